The van der Waals surface area contributed by atoms with Crippen LogP contribution in [-0.4, -0.2) is 67.0 Å². The molecule has 2 saturated heterocycles. The van der Waals surface area contributed by atoms with Gasteiger partial charge in [-0.2, -0.15) is 0 Å². The van der Waals surface area contributed by atoms with Crippen molar-refractivity contribution in [1.82, 2.24) is 15.1 Å². The highest BCUT2D eigenvalue weighted by Crippen LogP contribution is 2.29. The van der Waals surface area contributed by atoms with Crippen LogP contribution < -0.4 is 14.8 Å². The zero-order valence-corrected chi connectivity index (χ0v) is 24.0. The Labute approximate surface area is 229 Å². The van der Waals surface area contributed by atoms with Crippen molar-refractivity contribution in [2.24, 2.45) is 5.92 Å². The van der Waals surface area contributed by atoms with Gasteiger partial charge in [-0.1, -0.05) is 38.5 Å². The van der Waals surface area contributed by atoms with E-state index in [1.807, 2.05) is 19.1 Å². The molecule has 0 aromatic heterocycles. The Morgan fingerprint density at radius 1 is 1.03 bits per heavy atom. The normalized spacial score (nSPS) is 18.6. The van der Waals surface area contributed by atoms with Crippen LogP contribution in [0.25, 0.3) is 0 Å². The van der Waals surface area contributed by atoms with Gasteiger partial charge < -0.3 is 19.7 Å². The van der Waals surface area contributed by atoms with Crippen molar-refractivity contribution >= 4 is 11.9 Å². The molecule has 0 spiro atoms. The Kier molecular flexibility index (Phi) is 12.6. The summed E-state index contributed by atoms with van der Waals surface area (Å²) in [7, 11) is 1.57. The largest absolute Gasteiger partial charge is 0.493 e. The van der Waals surface area contributed by atoms with Crippen molar-refractivity contribution in [2.45, 2.75) is 97.2 Å². The predicted molar refractivity (Wildman–Crippen MR) is 152 cm³/mol. The molecule has 1 N–H and O–H groups in total. The van der Waals surface area contributed by atoms with Gasteiger partial charge >= 0.3 is 5.97 Å². The van der Waals surface area contributed by atoms with Crippen LogP contribution in [0.15, 0.2) is 30.4 Å². The molecule has 0 aliphatic carbocycles. The minimum Gasteiger partial charge on any atom is -0.493 e. The number of benzene rings is 1. The fourth-order valence-electron chi connectivity index (χ4n) is 5.38. The zero-order valence-electron chi connectivity index (χ0n) is 24.0. The number of nitrogens with zero attached hydrogens (tertiary/aromatic N) is 2. The van der Waals surface area contributed by atoms with Gasteiger partial charge in [0.1, 0.15) is 6.04 Å². The number of piperidine rings is 2. The minimum absolute atomic E-state index is 0.0465. The molecule has 2 aliphatic rings. The summed E-state index contributed by atoms with van der Waals surface area (Å²) in [6.45, 7) is 11.0. The summed E-state index contributed by atoms with van der Waals surface area (Å²) >= 11 is 0. The van der Waals surface area contributed by atoms with Gasteiger partial charge in [-0.3, -0.25) is 9.69 Å². The van der Waals surface area contributed by atoms with E-state index in [1.54, 1.807) is 13.2 Å². The van der Waals surface area contributed by atoms with Crippen molar-refractivity contribution in [1.29, 1.82) is 0 Å². The fraction of sp³-hybridized carbons (Fsp3) is 0.677. The van der Waals surface area contributed by atoms with E-state index in [2.05, 4.69) is 41.1 Å². The highest BCUT2D eigenvalue weighted by Gasteiger charge is 2.31. The Bertz CT molecular complexity index is 902. The molecule has 0 radical (unpaired) electrons. The second kappa shape index (κ2) is 15.9. The smallest absolute Gasteiger partial charge is 0.328 e. The van der Waals surface area contributed by atoms with Crippen molar-refractivity contribution in [3.63, 3.8) is 0 Å². The highest BCUT2D eigenvalue weighted by atomic mass is 16.6. The number of carbonyl (C=O) groups excluding carboxylic acids is 2. The number of nitrogens with one attached hydrogen (secondary N) is 1. The van der Waals surface area contributed by atoms with Gasteiger partial charge in [0.2, 0.25) is 5.91 Å². The average molecular weight is 528 g/mol. The molecule has 0 bridgehead atoms. The first-order valence-corrected chi connectivity index (χ1v) is 14.7. The molecule has 1 amide bonds. The second-order valence-electron chi connectivity index (χ2n) is 11.1. The zero-order chi connectivity index (χ0) is 27.3. The second-order valence-corrected chi connectivity index (χ2v) is 11.1. The number of amides is 1. The van der Waals surface area contributed by atoms with Gasteiger partial charge in [-0.25, -0.2) is 4.79 Å². The number of rotatable bonds is 13. The van der Waals surface area contributed by atoms with Crippen LogP contribution in [0.3, 0.4) is 0 Å². The van der Waals surface area contributed by atoms with E-state index in [9.17, 15) is 9.59 Å². The molecule has 3 rings (SSSR count). The summed E-state index contributed by atoms with van der Waals surface area (Å²) in [6, 6.07) is 5.80. The molecule has 212 valence electrons. The van der Waals surface area contributed by atoms with Gasteiger partial charge in [0.05, 0.1) is 7.11 Å². The highest BCUT2D eigenvalue weighted by molar-refractivity contribution is 5.78. The number of hydrogen-bond acceptors (Lipinski definition) is 6. The standard InChI is InChI=1S/C31H49N3O4/c1-24(2)12-8-5-6-9-13-30(35)32-23-26-14-15-28(29(22-26)37-4)38-31(36)25(3)33-20-16-27(17-21-33)34-18-10-7-11-19-34/h8,12,14-15,22,24-25,27H,5-7,9-11,13,16-21,23H2,1-4H3,(H,32,35)/b12-8+. The van der Waals surface area contributed by atoms with Crippen LogP contribution in [0.5, 0.6) is 11.5 Å². The predicted octanol–water partition coefficient (Wildman–Crippen LogP) is 5.33. The van der Waals surface area contributed by atoms with Crippen LogP contribution >= 0.6 is 0 Å². The van der Waals surface area contributed by atoms with Crippen molar-refractivity contribution in [2.75, 3.05) is 33.3 Å². The summed E-state index contributed by atoms with van der Waals surface area (Å²) in [6.07, 6.45) is 14.0. The maximum Gasteiger partial charge on any atom is 0.328 e. The van der Waals surface area contributed by atoms with Crippen LogP contribution in [0, 0.1) is 5.92 Å². The maximum absolute atomic E-state index is 13.0. The number of esters is 1. The third-order valence-electron chi connectivity index (χ3n) is 7.77. The van der Waals surface area contributed by atoms with Gasteiger partial charge in [-0.05, 0) is 88.6 Å². The van der Waals surface area contributed by atoms with Gasteiger partial charge in [-0.15, -0.1) is 0 Å². The molecule has 0 saturated carbocycles. The summed E-state index contributed by atoms with van der Waals surface area (Å²) in [5.41, 5.74) is 0.905. The average Bonchev–Trinajstić information content (AvgIpc) is 2.94. The molecule has 1 aromatic carbocycles. The van der Waals surface area contributed by atoms with E-state index < -0.39 is 0 Å². The van der Waals surface area contributed by atoms with E-state index in [0.717, 1.165) is 50.8 Å². The fourth-order valence-corrected chi connectivity index (χ4v) is 5.38. The SMILES string of the molecule is COc1cc(CNC(=O)CCCC/C=C/C(C)C)ccc1OC(=O)C(C)N1CCC(N2CCCCC2)CC1. The molecule has 1 unspecified atom stereocenters. The first kappa shape index (κ1) is 30.2. The number of hydrogen-bond donors (Lipinski definition) is 1. The van der Waals surface area contributed by atoms with Crippen LogP contribution in [0.2, 0.25) is 0 Å². The van der Waals surface area contributed by atoms with Crippen molar-refractivity contribution in [3.8, 4) is 11.5 Å². The number of unbranched alkanes of at least 4 members (excludes halogenated alkanes) is 2. The lowest BCUT2D eigenvalue weighted by Gasteiger charge is -2.41. The molecule has 1 aromatic rings. The monoisotopic (exact) mass is 527 g/mol. The Morgan fingerprint density at radius 3 is 2.45 bits per heavy atom. The lowest BCUT2D eigenvalue weighted by Crippen LogP contribution is -2.51. The number of ether oxygens (including phenoxy) is 2. The lowest BCUT2D eigenvalue weighted by atomic mass is 9.99. The summed E-state index contributed by atoms with van der Waals surface area (Å²) in [5, 5.41) is 2.98. The molecular weight excluding hydrogens is 478 g/mol. The first-order valence-electron chi connectivity index (χ1n) is 14.7. The molecule has 7 nitrogen and oxygen atoms in total. The Balaban J connectivity index is 1.41. The molecule has 2 fully saturated rings. The third kappa shape index (κ3) is 9.73. The third-order valence-corrected chi connectivity index (χ3v) is 7.77. The molecule has 7 heteroatoms. The van der Waals surface area contributed by atoms with E-state index in [-0.39, 0.29) is 17.9 Å². The van der Waals surface area contributed by atoms with E-state index in [0.29, 0.717) is 36.4 Å². The Morgan fingerprint density at radius 2 is 1.76 bits per heavy atom. The van der Waals surface area contributed by atoms with Gasteiger partial charge in [0, 0.05) is 32.1 Å². The molecular formula is C31H49N3O4. The summed E-state index contributed by atoms with van der Waals surface area (Å²) in [4.78, 5) is 30.1. The molecule has 1 atom stereocenters. The molecule has 2 aliphatic heterocycles. The summed E-state index contributed by atoms with van der Waals surface area (Å²) in [5.74, 6) is 1.27. The number of carbonyl (C=O) groups is 2. The van der Waals surface area contributed by atoms with Crippen molar-refractivity contribution in [3.05, 3.63) is 35.9 Å². The van der Waals surface area contributed by atoms with Gasteiger partial charge in [0.15, 0.2) is 11.5 Å². The quantitative estimate of drug-likeness (QED) is 0.162. The number of likely N-dealkylation sites (tertiary alicyclic amines) is 2. The van der Waals surface area contributed by atoms with Crippen LogP contribution in [0.1, 0.15) is 84.1 Å². The van der Waals surface area contributed by atoms with Crippen LogP contribution in [-0.2, 0) is 16.1 Å². The molecule has 38 heavy (non-hydrogen) atoms. The number of methoxy groups -OCH3 is 1. The summed E-state index contributed by atoms with van der Waals surface area (Å²) < 4.78 is 11.3. The van der Waals surface area contributed by atoms with Gasteiger partial charge in [0.25, 0.3) is 0 Å². The van der Waals surface area contributed by atoms with E-state index in [4.69, 9.17) is 9.47 Å². The maximum atomic E-state index is 13.0. The first-order chi connectivity index (χ1) is 18.4. The minimum atomic E-state index is -0.304. The molecule has 2 heterocycles. The lowest BCUT2D eigenvalue weighted by molar-refractivity contribution is -0.140. The topological polar surface area (TPSA) is 71.1 Å². The Hall–Kier alpha value is -2.38. The van der Waals surface area contributed by atoms with E-state index in [1.165, 1.54) is 32.4 Å². The van der Waals surface area contributed by atoms with Crippen LogP contribution in [0.4, 0.5) is 0 Å². The number of allylic oxidation sites excluding steroid dienone is 2. The van der Waals surface area contributed by atoms with Crippen molar-refractivity contribution < 1.29 is 19.1 Å². The van der Waals surface area contributed by atoms with E-state index >= 15 is 0 Å².